The van der Waals surface area contributed by atoms with Gasteiger partial charge in [-0.3, -0.25) is 14.5 Å². The van der Waals surface area contributed by atoms with E-state index < -0.39 is 0 Å². The maximum Gasteiger partial charge on any atom is 0.277 e. The summed E-state index contributed by atoms with van der Waals surface area (Å²) in [7, 11) is 0. The fourth-order valence-electron chi connectivity index (χ4n) is 4.60. The van der Waals surface area contributed by atoms with Gasteiger partial charge in [-0.2, -0.15) is 0 Å². The van der Waals surface area contributed by atoms with Gasteiger partial charge in [-0.05, 0) is 55.7 Å². The topological polar surface area (TPSA) is 59.1 Å². The molecular weight excluding hydrogens is 380 g/mol. The summed E-state index contributed by atoms with van der Waals surface area (Å²) in [6.07, 6.45) is 4.96. The van der Waals surface area contributed by atoms with E-state index in [1.807, 2.05) is 24.3 Å². The third kappa shape index (κ3) is 4.24. The fourth-order valence-corrected chi connectivity index (χ4v) is 4.60. The second kappa shape index (κ2) is 9.21. The van der Waals surface area contributed by atoms with Crippen LogP contribution in [0.3, 0.4) is 0 Å². The number of amides is 2. The van der Waals surface area contributed by atoms with Gasteiger partial charge in [0.25, 0.3) is 11.8 Å². The first-order chi connectivity index (χ1) is 14.6. The molecule has 0 saturated carbocycles. The van der Waals surface area contributed by atoms with Crippen LogP contribution in [0.2, 0.25) is 0 Å². The largest absolute Gasteiger partial charge is 0.494 e. The Kier molecular flexibility index (Phi) is 6.42. The van der Waals surface area contributed by atoms with Crippen LogP contribution in [0.15, 0.2) is 30.0 Å². The first kappa shape index (κ1) is 20.9. The lowest BCUT2D eigenvalue weighted by Gasteiger charge is -2.33. The van der Waals surface area contributed by atoms with Crippen LogP contribution in [-0.4, -0.2) is 60.6 Å². The Labute approximate surface area is 178 Å². The summed E-state index contributed by atoms with van der Waals surface area (Å²) in [4.78, 5) is 30.4. The molecule has 6 heteroatoms. The third-order valence-corrected chi connectivity index (χ3v) is 6.14. The molecule has 0 N–H and O–H groups in total. The van der Waals surface area contributed by atoms with Gasteiger partial charge in [0, 0.05) is 19.7 Å². The number of carbonyl (C=O) groups excluding carboxylic acids is 2. The monoisotopic (exact) mass is 412 g/mol. The van der Waals surface area contributed by atoms with E-state index >= 15 is 0 Å². The predicted octanol–water partition coefficient (Wildman–Crippen LogP) is 3.47. The van der Waals surface area contributed by atoms with Crippen LogP contribution in [-0.2, 0) is 14.3 Å². The van der Waals surface area contributed by atoms with Gasteiger partial charge >= 0.3 is 0 Å². The van der Waals surface area contributed by atoms with Crippen molar-refractivity contribution in [2.45, 2.75) is 52.1 Å². The zero-order valence-corrected chi connectivity index (χ0v) is 18.1. The summed E-state index contributed by atoms with van der Waals surface area (Å²) in [6.45, 7) is 7.60. The Morgan fingerprint density at radius 2 is 1.90 bits per heavy atom. The molecule has 3 heterocycles. The van der Waals surface area contributed by atoms with Crippen molar-refractivity contribution in [1.82, 2.24) is 9.80 Å². The third-order valence-electron chi connectivity index (χ3n) is 6.14. The van der Waals surface area contributed by atoms with Gasteiger partial charge in [0.15, 0.2) is 0 Å². The van der Waals surface area contributed by atoms with Crippen LogP contribution in [0.4, 0.5) is 0 Å². The average Bonchev–Trinajstić information content (AvgIpc) is 3.35. The number of benzene rings is 1. The van der Waals surface area contributed by atoms with Crippen LogP contribution in [0.25, 0.3) is 5.57 Å². The normalized spacial score (nSPS) is 24.9. The molecule has 2 unspecified atom stereocenters. The van der Waals surface area contributed by atoms with E-state index in [1.54, 1.807) is 0 Å². The van der Waals surface area contributed by atoms with Gasteiger partial charge in [0.2, 0.25) is 0 Å². The molecule has 2 saturated heterocycles. The van der Waals surface area contributed by atoms with E-state index in [0.29, 0.717) is 36.9 Å². The molecular formula is C24H32N2O4. The smallest absolute Gasteiger partial charge is 0.277 e. The van der Waals surface area contributed by atoms with Crippen molar-refractivity contribution in [2.24, 2.45) is 5.92 Å². The molecule has 2 amide bonds. The van der Waals surface area contributed by atoms with Crippen molar-refractivity contribution in [1.29, 1.82) is 0 Å². The standard InChI is InChI=1S/C24H32N2O4/c1-3-13-29-19-10-8-18(9-11-19)21-22(25-12-4-6-17(2)15-25)24(28)26(23(21)27)16-20-7-5-14-30-20/h8-11,17,20H,3-7,12-16H2,1-2H3. The molecule has 0 bridgehead atoms. The van der Waals surface area contributed by atoms with Crippen molar-refractivity contribution in [2.75, 3.05) is 32.8 Å². The van der Waals surface area contributed by atoms with E-state index in [9.17, 15) is 9.59 Å². The Morgan fingerprint density at radius 3 is 2.57 bits per heavy atom. The number of carbonyl (C=O) groups is 2. The molecule has 4 rings (SSSR count). The van der Waals surface area contributed by atoms with Crippen LogP contribution in [0.5, 0.6) is 5.75 Å². The summed E-state index contributed by atoms with van der Waals surface area (Å²) in [6, 6.07) is 7.56. The Morgan fingerprint density at radius 1 is 1.10 bits per heavy atom. The van der Waals surface area contributed by atoms with Crippen molar-refractivity contribution < 1.29 is 19.1 Å². The minimum atomic E-state index is -0.203. The number of imide groups is 1. The van der Waals surface area contributed by atoms with Crippen molar-refractivity contribution >= 4 is 17.4 Å². The van der Waals surface area contributed by atoms with E-state index in [1.165, 1.54) is 4.90 Å². The number of hydrogen-bond acceptors (Lipinski definition) is 5. The van der Waals surface area contributed by atoms with Gasteiger partial charge in [0.1, 0.15) is 11.4 Å². The highest BCUT2D eigenvalue weighted by Crippen LogP contribution is 2.35. The highest BCUT2D eigenvalue weighted by molar-refractivity contribution is 6.35. The molecule has 1 aromatic rings. The molecule has 162 valence electrons. The molecule has 0 spiro atoms. The van der Waals surface area contributed by atoms with Gasteiger partial charge in [0.05, 0.1) is 24.8 Å². The lowest BCUT2D eigenvalue weighted by molar-refractivity contribution is -0.139. The maximum atomic E-state index is 13.4. The Balaban J connectivity index is 1.65. The Bertz CT molecular complexity index is 811. The Hall–Kier alpha value is -2.34. The molecule has 1 aromatic carbocycles. The van der Waals surface area contributed by atoms with Crippen molar-refractivity contribution in [3.05, 3.63) is 35.5 Å². The second-order valence-electron chi connectivity index (χ2n) is 8.65. The second-order valence-corrected chi connectivity index (χ2v) is 8.65. The predicted molar refractivity (Wildman–Crippen MR) is 115 cm³/mol. The van der Waals surface area contributed by atoms with E-state index in [4.69, 9.17) is 9.47 Å². The van der Waals surface area contributed by atoms with Gasteiger partial charge in [-0.1, -0.05) is 26.0 Å². The van der Waals surface area contributed by atoms with E-state index in [2.05, 4.69) is 18.7 Å². The number of nitrogens with zero attached hydrogens (tertiary/aromatic N) is 2. The summed E-state index contributed by atoms with van der Waals surface area (Å²) >= 11 is 0. The van der Waals surface area contributed by atoms with E-state index in [-0.39, 0.29) is 17.9 Å². The lowest BCUT2D eigenvalue weighted by atomic mass is 9.97. The first-order valence-electron chi connectivity index (χ1n) is 11.3. The number of hydrogen-bond donors (Lipinski definition) is 0. The zero-order chi connectivity index (χ0) is 21.1. The van der Waals surface area contributed by atoms with E-state index in [0.717, 1.165) is 56.5 Å². The number of likely N-dealkylation sites (tertiary alicyclic amines) is 1. The van der Waals surface area contributed by atoms with Crippen molar-refractivity contribution in [3.8, 4) is 5.75 Å². The number of rotatable bonds is 7. The lowest BCUT2D eigenvalue weighted by Crippen LogP contribution is -2.41. The summed E-state index contributed by atoms with van der Waals surface area (Å²) in [5.41, 5.74) is 1.86. The number of piperidine rings is 1. The maximum absolute atomic E-state index is 13.4. The molecule has 3 aliphatic rings. The molecule has 2 fully saturated rings. The van der Waals surface area contributed by atoms with Gasteiger partial charge in [-0.25, -0.2) is 0 Å². The molecule has 0 aromatic heterocycles. The first-order valence-corrected chi connectivity index (χ1v) is 11.3. The molecule has 3 aliphatic heterocycles. The summed E-state index contributed by atoms with van der Waals surface area (Å²) < 4.78 is 11.4. The highest BCUT2D eigenvalue weighted by atomic mass is 16.5. The van der Waals surface area contributed by atoms with Crippen LogP contribution >= 0.6 is 0 Å². The minimum Gasteiger partial charge on any atom is -0.494 e. The van der Waals surface area contributed by atoms with Crippen molar-refractivity contribution in [3.63, 3.8) is 0 Å². The van der Waals surface area contributed by atoms with Gasteiger partial charge in [-0.15, -0.1) is 0 Å². The summed E-state index contributed by atoms with van der Waals surface area (Å²) in [5.74, 6) is 0.909. The zero-order valence-electron chi connectivity index (χ0n) is 18.1. The minimum absolute atomic E-state index is 0.0522. The number of ether oxygens (including phenoxy) is 2. The van der Waals surface area contributed by atoms with Crippen LogP contribution in [0, 0.1) is 5.92 Å². The molecule has 30 heavy (non-hydrogen) atoms. The molecule has 2 atom stereocenters. The summed E-state index contributed by atoms with van der Waals surface area (Å²) in [5, 5.41) is 0. The average molecular weight is 413 g/mol. The van der Waals surface area contributed by atoms with Gasteiger partial charge < -0.3 is 14.4 Å². The molecule has 6 nitrogen and oxygen atoms in total. The SMILES string of the molecule is CCCOc1ccc(C2=C(N3CCCC(C)C3)C(=O)N(CC3CCCO3)C2=O)cc1. The highest BCUT2D eigenvalue weighted by Gasteiger charge is 2.43. The molecule has 0 aliphatic carbocycles. The molecule has 0 radical (unpaired) electrons. The van der Waals surface area contributed by atoms with Crippen LogP contribution in [0.1, 0.15) is 51.5 Å². The fraction of sp³-hybridized carbons (Fsp3) is 0.583. The quantitative estimate of drug-likeness (QED) is 0.642. The van der Waals surface area contributed by atoms with Crippen LogP contribution < -0.4 is 4.74 Å².